The minimum absolute atomic E-state index is 0.00722. The van der Waals surface area contributed by atoms with E-state index >= 15 is 0 Å². The Morgan fingerprint density at radius 1 is 1.47 bits per heavy atom. The molecule has 1 aliphatic heterocycles. The SMILES string of the molecule is Cc1nnsc1C(=O)c1ccc2c(c1)CCO2. The minimum Gasteiger partial charge on any atom is -0.493 e. The molecule has 0 bridgehead atoms. The first kappa shape index (κ1) is 10.4. The molecule has 2 heterocycles. The van der Waals surface area contributed by atoms with Gasteiger partial charge >= 0.3 is 0 Å². The van der Waals surface area contributed by atoms with Gasteiger partial charge in [-0.3, -0.25) is 4.79 Å². The molecule has 0 atom stereocenters. The zero-order valence-electron chi connectivity index (χ0n) is 9.27. The van der Waals surface area contributed by atoms with Gasteiger partial charge in [0.1, 0.15) is 10.6 Å². The van der Waals surface area contributed by atoms with Crippen LogP contribution in [-0.4, -0.2) is 22.0 Å². The average Bonchev–Trinajstić information content (AvgIpc) is 2.95. The van der Waals surface area contributed by atoms with Gasteiger partial charge < -0.3 is 4.74 Å². The summed E-state index contributed by atoms with van der Waals surface area (Å²) in [5.41, 5.74) is 2.48. The molecule has 0 spiro atoms. The highest BCUT2D eigenvalue weighted by atomic mass is 32.1. The van der Waals surface area contributed by atoms with Crippen LogP contribution in [0.2, 0.25) is 0 Å². The second-order valence-electron chi connectivity index (χ2n) is 3.94. The standard InChI is InChI=1S/C12H10N2O2S/c1-7-12(17-14-13-7)11(15)9-2-3-10-8(6-9)4-5-16-10/h2-3,6H,4-5H2,1H3. The van der Waals surface area contributed by atoms with Gasteiger partial charge in [0.25, 0.3) is 0 Å². The van der Waals surface area contributed by atoms with Gasteiger partial charge in [0.15, 0.2) is 0 Å². The minimum atomic E-state index is -0.00722. The number of carbonyl (C=O) groups excluding carboxylic acids is 1. The van der Waals surface area contributed by atoms with Gasteiger partial charge in [0.2, 0.25) is 5.78 Å². The number of nitrogens with zero attached hydrogens (tertiary/aromatic N) is 2. The Hall–Kier alpha value is -1.75. The summed E-state index contributed by atoms with van der Waals surface area (Å²) in [6, 6.07) is 5.56. The van der Waals surface area contributed by atoms with E-state index < -0.39 is 0 Å². The largest absolute Gasteiger partial charge is 0.493 e. The molecule has 0 unspecified atom stereocenters. The van der Waals surface area contributed by atoms with E-state index in [1.165, 1.54) is 0 Å². The summed E-state index contributed by atoms with van der Waals surface area (Å²) in [6.07, 6.45) is 0.871. The number of ketones is 1. The fourth-order valence-electron chi connectivity index (χ4n) is 1.90. The first-order chi connectivity index (χ1) is 8.25. The van der Waals surface area contributed by atoms with Crippen LogP contribution in [0, 0.1) is 6.92 Å². The Bertz CT molecular complexity index is 592. The summed E-state index contributed by atoms with van der Waals surface area (Å²) in [5, 5.41) is 3.86. The van der Waals surface area contributed by atoms with E-state index in [4.69, 9.17) is 4.74 Å². The maximum absolute atomic E-state index is 12.2. The monoisotopic (exact) mass is 246 g/mol. The lowest BCUT2D eigenvalue weighted by Gasteiger charge is -2.02. The number of aryl methyl sites for hydroxylation is 1. The molecule has 2 aromatic rings. The molecular weight excluding hydrogens is 236 g/mol. The average molecular weight is 246 g/mol. The number of hydrogen-bond donors (Lipinski definition) is 0. The molecule has 0 saturated heterocycles. The third kappa shape index (κ3) is 1.72. The number of benzene rings is 1. The van der Waals surface area contributed by atoms with Gasteiger partial charge in [-0.2, -0.15) is 0 Å². The maximum atomic E-state index is 12.2. The molecule has 1 aromatic carbocycles. The van der Waals surface area contributed by atoms with Gasteiger partial charge in [0.05, 0.1) is 12.3 Å². The van der Waals surface area contributed by atoms with Gasteiger partial charge in [-0.05, 0) is 42.2 Å². The van der Waals surface area contributed by atoms with Crippen molar-refractivity contribution in [3.8, 4) is 5.75 Å². The lowest BCUT2D eigenvalue weighted by atomic mass is 10.0. The van der Waals surface area contributed by atoms with Crippen LogP contribution in [0.4, 0.5) is 0 Å². The molecule has 0 amide bonds. The number of ether oxygens (including phenoxy) is 1. The molecule has 0 fully saturated rings. The van der Waals surface area contributed by atoms with Crippen LogP contribution in [0.15, 0.2) is 18.2 Å². The van der Waals surface area contributed by atoms with E-state index in [9.17, 15) is 4.79 Å². The summed E-state index contributed by atoms with van der Waals surface area (Å²) in [6.45, 7) is 2.50. The Morgan fingerprint density at radius 2 is 2.35 bits per heavy atom. The van der Waals surface area contributed by atoms with Crippen LogP contribution in [0.5, 0.6) is 5.75 Å². The first-order valence-corrected chi connectivity index (χ1v) is 6.12. The van der Waals surface area contributed by atoms with Gasteiger partial charge in [0, 0.05) is 12.0 Å². The summed E-state index contributed by atoms with van der Waals surface area (Å²) in [5.74, 6) is 0.882. The molecule has 4 nitrogen and oxygen atoms in total. The van der Waals surface area contributed by atoms with E-state index in [0.717, 1.165) is 29.3 Å². The predicted molar refractivity (Wildman–Crippen MR) is 63.7 cm³/mol. The molecule has 5 heteroatoms. The Kier molecular flexibility index (Phi) is 2.40. The summed E-state index contributed by atoms with van der Waals surface area (Å²) in [4.78, 5) is 12.8. The van der Waals surface area contributed by atoms with E-state index in [-0.39, 0.29) is 5.78 Å². The Morgan fingerprint density at radius 3 is 3.12 bits per heavy atom. The van der Waals surface area contributed by atoms with Crippen molar-refractivity contribution < 1.29 is 9.53 Å². The molecule has 17 heavy (non-hydrogen) atoms. The number of hydrogen-bond acceptors (Lipinski definition) is 5. The summed E-state index contributed by atoms with van der Waals surface area (Å²) < 4.78 is 9.20. The van der Waals surface area contributed by atoms with Crippen LogP contribution in [0.1, 0.15) is 26.5 Å². The van der Waals surface area contributed by atoms with Crippen LogP contribution >= 0.6 is 11.5 Å². The van der Waals surface area contributed by atoms with Crippen LogP contribution < -0.4 is 4.74 Å². The topological polar surface area (TPSA) is 52.1 Å². The second-order valence-corrected chi connectivity index (χ2v) is 4.69. The maximum Gasteiger partial charge on any atom is 0.206 e. The van der Waals surface area contributed by atoms with Crippen molar-refractivity contribution in [1.29, 1.82) is 0 Å². The quantitative estimate of drug-likeness (QED) is 0.761. The second kappa shape index (κ2) is 3.92. The van der Waals surface area contributed by atoms with E-state index in [0.29, 0.717) is 22.7 Å². The van der Waals surface area contributed by atoms with Crippen LogP contribution in [0.3, 0.4) is 0 Å². The lowest BCUT2D eigenvalue weighted by Crippen LogP contribution is -2.01. The van der Waals surface area contributed by atoms with Crippen molar-refractivity contribution in [2.45, 2.75) is 13.3 Å². The van der Waals surface area contributed by atoms with Gasteiger partial charge in [-0.1, -0.05) is 4.49 Å². The molecule has 1 aliphatic rings. The first-order valence-electron chi connectivity index (χ1n) is 5.35. The predicted octanol–water partition coefficient (Wildman–Crippen LogP) is 2.01. The van der Waals surface area contributed by atoms with E-state index in [1.54, 1.807) is 13.0 Å². The smallest absolute Gasteiger partial charge is 0.206 e. The third-order valence-corrected chi connectivity index (χ3v) is 3.64. The number of rotatable bonds is 2. The fourth-order valence-corrected chi connectivity index (χ4v) is 2.52. The van der Waals surface area contributed by atoms with Crippen molar-refractivity contribution >= 4 is 17.3 Å². The van der Waals surface area contributed by atoms with Crippen molar-refractivity contribution in [2.75, 3.05) is 6.61 Å². The van der Waals surface area contributed by atoms with Crippen molar-refractivity contribution in [3.63, 3.8) is 0 Å². The highest BCUT2D eigenvalue weighted by Crippen LogP contribution is 2.27. The lowest BCUT2D eigenvalue weighted by molar-refractivity contribution is 0.104. The molecule has 0 radical (unpaired) electrons. The highest BCUT2D eigenvalue weighted by Gasteiger charge is 2.19. The van der Waals surface area contributed by atoms with Crippen molar-refractivity contribution in [1.82, 2.24) is 9.59 Å². The molecule has 0 N–H and O–H groups in total. The zero-order valence-corrected chi connectivity index (χ0v) is 10.1. The number of carbonyl (C=O) groups is 1. The normalized spacial score (nSPS) is 13.2. The Labute approximate surface area is 102 Å². The van der Waals surface area contributed by atoms with Gasteiger partial charge in [-0.15, -0.1) is 5.10 Å². The molecule has 3 rings (SSSR count). The molecule has 0 aliphatic carbocycles. The Balaban J connectivity index is 2.00. The van der Waals surface area contributed by atoms with Crippen molar-refractivity contribution in [2.24, 2.45) is 0 Å². The van der Waals surface area contributed by atoms with Crippen molar-refractivity contribution in [3.05, 3.63) is 39.9 Å². The summed E-state index contributed by atoms with van der Waals surface area (Å²) in [7, 11) is 0. The van der Waals surface area contributed by atoms with E-state index in [1.807, 2.05) is 12.1 Å². The molecule has 86 valence electrons. The third-order valence-electron chi connectivity index (χ3n) is 2.81. The highest BCUT2D eigenvalue weighted by molar-refractivity contribution is 7.08. The fraction of sp³-hybridized carbons (Fsp3) is 0.250. The number of aromatic nitrogens is 2. The number of fused-ring (bicyclic) bond motifs is 1. The van der Waals surface area contributed by atoms with Crippen LogP contribution in [-0.2, 0) is 6.42 Å². The van der Waals surface area contributed by atoms with Gasteiger partial charge in [-0.25, -0.2) is 0 Å². The molecule has 1 aromatic heterocycles. The molecular formula is C12H10N2O2S. The van der Waals surface area contributed by atoms with Crippen LogP contribution in [0.25, 0.3) is 0 Å². The van der Waals surface area contributed by atoms with E-state index in [2.05, 4.69) is 9.59 Å². The zero-order chi connectivity index (χ0) is 11.8. The molecule has 0 saturated carbocycles. The summed E-state index contributed by atoms with van der Waals surface area (Å²) >= 11 is 1.14.